The van der Waals surface area contributed by atoms with Gasteiger partial charge in [-0.1, -0.05) is 0 Å². The monoisotopic (exact) mass is 232 g/mol. The molecule has 1 aromatic heterocycles. The van der Waals surface area contributed by atoms with Crippen LogP contribution >= 0.6 is 12.4 Å². The van der Waals surface area contributed by atoms with Crippen molar-refractivity contribution in [2.24, 2.45) is 12.8 Å². The summed E-state index contributed by atoms with van der Waals surface area (Å²) in [5.74, 6) is -1.12. The van der Waals surface area contributed by atoms with Gasteiger partial charge in [-0.25, -0.2) is 4.79 Å². The molecule has 0 fully saturated rings. The Kier molecular flexibility index (Phi) is 4.51. The summed E-state index contributed by atoms with van der Waals surface area (Å²) in [5, 5.41) is 8.83. The van der Waals surface area contributed by atoms with Gasteiger partial charge in [0.25, 0.3) is 5.56 Å². The molecule has 1 rings (SSSR count). The van der Waals surface area contributed by atoms with Crippen molar-refractivity contribution in [3.63, 3.8) is 0 Å². The van der Waals surface area contributed by atoms with Crippen LogP contribution in [0.5, 0.6) is 0 Å². The van der Waals surface area contributed by atoms with E-state index in [-0.39, 0.29) is 35.6 Å². The van der Waals surface area contributed by atoms with E-state index < -0.39 is 5.97 Å². The van der Waals surface area contributed by atoms with Crippen LogP contribution in [0, 0.1) is 6.92 Å². The molecular weight excluding hydrogens is 220 g/mol. The number of halogens is 1. The topological polar surface area (TPSA) is 85.3 Å². The Balaban J connectivity index is 0.00000196. The van der Waals surface area contributed by atoms with Gasteiger partial charge in [0.15, 0.2) is 0 Å². The number of aromatic nitrogens is 1. The molecule has 5 nitrogen and oxygen atoms in total. The van der Waals surface area contributed by atoms with Gasteiger partial charge in [0.2, 0.25) is 0 Å². The molecule has 0 saturated heterocycles. The molecule has 0 aliphatic carbocycles. The number of nitrogens with two attached hydrogens (primary N) is 1. The second kappa shape index (κ2) is 4.95. The van der Waals surface area contributed by atoms with Crippen molar-refractivity contribution in [1.29, 1.82) is 0 Å². The number of aromatic carboxylic acids is 1. The molecule has 0 aliphatic heterocycles. The highest BCUT2D eigenvalue weighted by Gasteiger charge is 2.14. The number of hydrogen-bond donors (Lipinski definition) is 2. The Morgan fingerprint density at radius 2 is 2.13 bits per heavy atom. The Labute approximate surface area is 92.9 Å². The molecule has 0 radical (unpaired) electrons. The van der Waals surface area contributed by atoms with Gasteiger partial charge in [-0.05, 0) is 13.0 Å². The van der Waals surface area contributed by atoms with Crippen LogP contribution in [0.1, 0.15) is 21.6 Å². The van der Waals surface area contributed by atoms with Crippen LogP contribution in [-0.2, 0) is 13.6 Å². The predicted molar refractivity (Wildman–Crippen MR) is 58.5 cm³/mol. The summed E-state index contributed by atoms with van der Waals surface area (Å²) in [4.78, 5) is 22.4. The maximum Gasteiger partial charge on any atom is 0.336 e. The summed E-state index contributed by atoms with van der Waals surface area (Å²) in [6.45, 7) is 1.61. The molecule has 84 valence electrons. The maximum atomic E-state index is 11.6. The summed E-state index contributed by atoms with van der Waals surface area (Å²) in [5.41, 5.74) is 5.73. The van der Waals surface area contributed by atoms with E-state index in [4.69, 9.17) is 10.8 Å². The zero-order valence-corrected chi connectivity index (χ0v) is 9.30. The van der Waals surface area contributed by atoms with Gasteiger partial charge in [-0.2, -0.15) is 0 Å². The number of carboxylic acids is 1. The minimum atomic E-state index is -1.12. The van der Waals surface area contributed by atoms with Crippen molar-refractivity contribution in [3.05, 3.63) is 33.2 Å². The number of nitrogens with zero attached hydrogens (tertiary/aromatic N) is 1. The number of aryl methyl sites for hydroxylation is 1. The average Bonchev–Trinajstić information content (AvgIpc) is 2.13. The highest BCUT2D eigenvalue weighted by molar-refractivity contribution is 5.89. The zero-order valence-electron chi connectivity index (χ0n) is 8.48. The van der Waals surface area contributed by atoms with Crippen LogP contribution in [0.4, 0.5) is 0 Å². The van der Waals surface area contributed by atoms with Crippen molar-refractivity contribution in [2.45, 2.75) is 13.5 Å². The van der Waals surface area contributed by atoms with Gasteiger partial charge in [-0.3, -0.25) is 4.79 Å². The van der Waals surface area contributed by atoms with Gasteiger partial charge in [-0.15, -0.1) is 12.4 Å². The van der Waals surface area contributed by atoms with Crippen LogP contribution in [0.15, 0.2) is 10.9 Å². The zero-order chi connectivity index (χ0) is 10.9. The maximum absolute atomic E-state index is 11.6. The first-order valence-corrected chi connectivity index (χ1v) is 4.12. The van der Waals surface area contributed by atoms with Crippen LogP contribution < -0.4 is 11.3 Å². The van der Waals surface area contributed by atoms with Crippen molar-refractivity contribution >= 4 is 18.4 Å². The summed E-state index contributed by atoms with van der Waals surface area (Å²) in [6.07, 6.45) is 0. The first-order chi connectivity index (χ1) is 6.49. The lowest BCUT2D eigenvalue weighted by Gasteiger charge is -2.08. The van der Waals surface area contributed by atoms with E-state index in [1.165, 1.54) is 10.6 Å². The number of carboxylic acid groups (broad SMARTS) is 1. The fraction of sp³-hybridized carbons (Fsp3) is 0.333. The second-order valence-electron chi connectivity index (χ2n) is 3.05. The quantitative estimate of drug-likeness (QED) is 0.767. The largest absolute Gasteiger partial charge is 0.478 e. The molecule has 6 heteroatoms. The molecule has 0 unspecified atom stereocenters. The van der Waals surface area contributed by atoms with E-state index in [9.17, 15) is 9.59 Å². The molecule has 0 aromatic carbocycles. The van der Waals surface area contributed by atoms with Gasteiger partial charge < -0.3 is 15.4 Å². The number of carbonyl (C=O) groups is 1. The molecule has 3 N–H and O–H groups in total. The molecule has 0 atom stereocenters. The van der Waals surface area contributed by atoms with Crippen LogP contribution in [-0.4, -0.2) is 15.6 Å². The minimum Gasteiger partial charge on any atom is -0.478 e. The Morgan fingerprint density at radius 1 is 1.60 bits per heavy atom. The van der Waals surface area contributed by atoms with Gasteiger partial charge in [0, 0.05) is 24.8 Å². The van der Waals surface area contributed by atoms with Crippen LogP contribution in [0.2, 0.25) is 0 Å². The van der Waals surface area contributed by atoms with Crippen molar-refractivity contribution in [3.8, 4) is 0 Å². The molecule has 0 aliphatic rings. The molecule has 1 aromatic rings. The molecule has 1 heterocycles. The van der Waals surface area contributed by atoms with Crippen molar-refractivity contribution < 1.29 is 9.90 Å². The first kappa shape index (κ1) is 13.7. The highest BCUT2D eigenvalue weighted by Crippen LogP contribution is 2.06. The Hall–Kier alpha value is -1.33. The van der Waals surface area contributed by atoms with Gasteiger partial charge in [0.1, 0.15) is 0 Å². The Bertz CT molecular complexity index is 440. The summed E-state index contributed by atoms with van der Waals surface area (Å²) in [6, 6.07) is 1.45. The number of pyridine rings is 1. The van der Waals surface area contributed by atoms with Gasteiger partial charge >= 0.3 is 5.97 Å². The molecule has 0 bridgehead atoms. The van der Waals surface area contributed by atoms with E-state index in [0.717, 1.165) is 0 Å². The number of hydrogen-bond acceptors (Lipinski definition) is 3. The summed E-state index contributed by atoms with van der Waals surface area (Å²) < 4.78 is 1.38. The second-order valence-corrected chi connectivity index (χ2v) is 3.05. The fourth-order valence-corrected chi connectivity index (χ4v) is 1.26. The standard InChI is InChI=1S/C9H12N2O3.ClH/c1-5-3-6(9(13)14)7(4-10)8(12)11(5)2;/h3H,4,10H2,1-2H3,(H,13,14);1H. The van der Waals surface area contributed by atoms with E-state index in [2.05, 4.69) is 0 Å². The summed E-state index contributed by atoms with van der Waals surface area (Å²) in [7, 11) is 1.59. The third-order valence-electron chi connectivity index (χ3n) is 2.20. The third-order valence-corrected chi connectivity index (χ3v) is 2.20. The van der Waals surface area contributed by atoms with E-state index in [1.807, 2.05) is 0 Å². The molecule has 0 spiro atoms. The lowest BCUT2D eigenvalue weighted by atomic mass is 10.1. The van der Waals surface area contributed by atoms with Crippen LogP contribution in [0.25, 0.3) is 0 Å². The molecule has 0 saturated carbocycles. The highest BCUT2D eigenvalue weighted by atomic mass is 35.5. The SMILES string of the molecule is Cc1cc(C(=O)O)c(CN)c(=O)n1C.Cl. The first-order valence-electron chi connectivity index (χ1n) is 4.12. The molecule has 15 heavy (non-hydrogen) atoms. The van der Waals surface area contributed by atoms with Gasteiger partial charge in [0.05, 0.1) is 5.56 Å². The van der Waals surface area contributed by atoms with Crippen molar-refractivity contribution in [2.75, 3.05) is 0 Å². The molecule has 0 amide bonds. The smallest absolute Gasteiger partial charge is 0.336 e. The van der Waals surface area contributed by atoms with E-state index in [1.54, 1.807) is 14.0 Å². The van der Waals surface area contributed by atoms with Crippen molar-refractivity contribution in [1.82, 2.24) is 4.57 Å². The normalized spacial score (nSPS) is 9.53. The third kappa shape index (κ3) is 2.37. The average molecular weight is 233 g/mol. The van der Waals surface area contributed by atoms with Crippen LogP contribution in [0.3, 0.4) is 0 Å². The number of rotatable bonds is 2. The Morgan fingerprint density at radius 3 is 2.53 bits per heavy atom. The lowest BCUT2D eigenvalue weighted by molar-refractivity contribution is 0.0695. The van der Waals surface area contributed by atoms with E-state index in [0.29, 0.717) is 5.69 Å². The fourth-order valence-electron chi connectivity index (χ4n) is 1.26. The predicted octanol–water partition coefficient (Wildman–Crippen LogP) is 0.272. The van der Waals surface area contributed by atoms with E-state index >= 15 is 0 Å². The lowest BCUT2D eigenvalue weighted by Crippen LogP contribution is -2.28. The summed E-state index contributed by atoms with van der Waals surface area (Å²) >= 11 is 0. The minimum absolute atomic E-state index is 0. The molecular formula is C9H13ClN2O3.